The van der Waals surface area contributed by atoms with Crippen molar-refractivity contribution in [2.45, 2.75) is 25.8 Å². The predicted octanol–water partition coefficient (Wildman–Crippen LogP) is 1.36. The fourth-order valence-corrected chi connectivity index (χ4v) is 2.58. The molecule has 84 valence electrons. The average Bonchev–Trinajstić information content (AvgIpc) is 2.69. The fraction of sp³-hybridized carbons (Fsp3) is 0.500. The molecule has 3 heterocycles. The fourth-order valence-electron chi connectivity index (χ4n) is 2.38. The molecule has 6 heteroatoms. The number of carbonyl (C=O) groups is 1. The first-order valence-corrected chi connectivity index (χ1v) is 5.66. The van der Waals surface area contributed by atoms with E-state index in [9.17, 15) is 4.79 Å². The molecule has 16 heavy (non-hydrogen) atoms. The maximum Gasteiger partial charge on any atom is 0.247 e. The first-order valence-electron chi connectivity index (χ1n) is 5.28. The minimum atomic E-state index is -0.0853. The van der Waals surface area contributed by atoms with E-state index in [4.69, 9.17) is 11.6 Å². The van der Waals surface area contributed by atoms with Gasteiger partial charge in [-0.25, -0.2) is 4.98 Å². The van der Waals surface area contributed by atoms with Crippen LogP contribution in [0.2, 0.25) is 5.28 Å². The first-order chi connectivity index (χ1) is 7.66. The van der Waals surface area contributed by atoms with Crippen LogP contribution in [0, 0.1) is 6.92 Å². The van der Waals surface area contributed by atoms with E-state index >= 15 is 0 Å². The molecule has 0 radical (unpaired) electrons. The molecule has 0 aromatic carbocycles. The third-order valence-corrected chi connectivity index (χ3v) is 3.29. The zero-order valence-electron chi connectivity index (χ0n) is 8.83. The third-order valence-electron chi connectivity index (χ3n) is 3.12. The summed E-state index contributed by atoms with van der Waals surface area (Å²) in [5, 5.41) is 3.10. The number of fused-ring (bicyclic) bond motifs is 3. The van der Waals surface area contributed by atoms with Crippen molar-refractivity contribution in [2.75, 3.05) is 16.8 Å². The molecule has 0 saturated carbocycles. The van der Waals surface area contributed by atoms with E-state index in [0.29, 0.717) is 11.4 Å². The summed E-state index contributed by atoms with van der Waals surface area (Å²) in [6.07, 6.45) is 1.89. The number of rotatable bonds is 0. The standard InChI is InChI=1S/C10H11ClN4O/c1-5-7-8(14-10(11)12-5)15-4-2-3-6(15)9(16)13-7/h6H,2-4H2,1H3,(H,13,16). The Hall–Kier alpha value is -1.36. The molecule has 1 saturated heterocycles. The van der Waals surface area contributed by atoms with E-state index in [-0.39, 0.29) is 17.2 Å². The van der Waals surface area contributed by atoms with Gasteiger partial charge in [0.25, 0.3) is 0 Å². The van der Waals surface area contributed by atoms with Gasteiger partial charge in [-0.3, -0.25) is 4.79 Å². The summed E-state index contributed by atoms with van der Waals surface area (Å²) in [7, 11) is 0. The Bertz CT molecular complexity index is 476. The lowest BCUT2D eigenvalue weighted by Gasteiger charge is -2.32. The van der Waals surface area contributed by atoms with E-state index < -0.39 is 0 Å². The Morgan fingerprint density at radius 1 is 1.50 bits per heavy atom. The maximum absolute atomic E-state index is 11.8. The number of amides is 1. The minimum Gasteiger partial charge on any atom is -0.343 e. The van der Waals surface area contributed by atoms with Crippen LogP contribution in [0.3, 0.4) is 0 Å². The molecule has 1 N–H and O–H groups in total. The molecule has 1 unspecified atom stereocenters. The molecule has 2 aliphatic rings. The van der Waals surface area contributed by atoms with Gasteiger partial charge in [0, 0.05) is 6.54 Å². The summed E-state index contributed by atoms with van der Waals surface area (Å²) in [5.41, 5.74) is 1.42. The van der Waals surface area contributed by atoms with E-state index in [1.54, 1.807) is 0 Å². The van der Waals surface area contributed by atoms with Crippen LogP contribution in [0.25, 0.3) is 0 Å². The number of hydrogen-bond acceptors (Lipinski definition) is 4. The lowest BCUT2D eigenvalue weighted by Crippen LogP contribution is -2.44. The van der Waals surface area contributed by atoms with Crippen molar-refractivity contribution < 1.29 is 4.79 Å². The largest absolute Gasteiger partial charge is 0.343 e. The van der Waals surface area contributed by atoms with Gasteiger partial charge in [-0.1, -0.05) is 0 Å². The van der Waals surface area contributed by atoms with E-state index in [1.165, 1.54) is 0 Å². The predicted molar refractivity (Wildman–Crippen MR) is 60.8 cm³/mol. The Kier molecular flexibility index (Phi) is 2.04. The summed E-state index contributed by atoms with van der Waals surface area (Å²) in [6, 6.07) is -0.0853. The van der Waals surface area contributed by atoms with Crippen molar-refractivity contribution in [3.63, 3.8) is 0 Å². The topological polar surface area (TPSA) is 58.1 Å². The van der Waals surface area contributed by atoms with Gasteiger partial charge in [0.1, 0.15) is 11.7 Å². The minimum absolute atomic E-state index is 0.0408. The highest BCUT2D eigenvalue weighted by Crippen LogP contribution is 2.36. The second-order valence-electron chi connectivity index (χ2n) is 4.12. The number of aromatic nitrogens is 2. The van der Waals surface area contributed by atoms with Crippen LogP contribution in [0.15, 0.2) is 0 Å². The van der Waals surface area contributed by atoms with Gasteiger partial charge < -0.3 is 10.2 Å². The van der Waals surface area contributed by atoms with E-state index in [0.717, 1.165) is 25.2 Å². The number of carbonyl (C=O) groups excluding carboxylic acids is 1. The molecule has 1 fully saturated rings. The number of anilines is 2. The van der Waals surface area contributed by atoms with Crippen LogP contribution >= 0.6 is 11.6 Å². The molecular formula is C10H11ClN4O. The highest BCUT2D eigenvalue weighted by molar-refractivity contribution is 6.28. The molecule has 0 spiro atoms. The molecule has 1 amide bonds. The van der Waals surface area contributed by atoms with Gasteiger partial charge >= 0.3 is 0 Å². The van der Waals surface area contributed by atoms with Crippen molar-refractivity contribution in [3.05, 3.63) is 11.0 Å². The Morgan fingerprint density at radius 3 is 3.12 bits per heavy atom. The third kappa shape index (κ3) is 1.28. The molecule has 1 aromatic heterocycles. The second-order valence-corrected chi connectivity index (χ2v) is 4.46. The summed E-state index contributed by atoms with van der Waals surface area (Å²) in [4.78, 5) is 22.1. The molecule has 5 nitrogen and oxygen atoms in total. The van der Waals surface area contributed by atoms with Crippen molar-refractivity contribution >= 4 is 29.0 Å². The Labute approximate surface area is 97.8 Å². The van der Waals surface area contributed by atoms with Gasteiger partial charge in [-0.15, -0.1) is 0 Å². The SMILES string of the molecule is Cc1nc(Cl)nc2c1NC(=O)C1CCCN21. The number of halogens is 1. The quantitative estimate of drug-likeness (QED) is 0.694. The highest BCUT2D eigenvalue weighted by Gasteiger charge is 2.38. The van der Waals surface area contributed by atoms with Gasteiger partial charge in [0.05, 0.1) is 5.69 Å². The van der Waals surface area contributed by atoms with E-state index in [2.05, 4.69) is 15.3 Å². The van der Waals surface area contributed by atoms with Crippen LogP contribution < -0.4 is 10.2 Å². The molecule has 2 aliphatic heterocycles. The van der Waals surface area contributed by atoms with Crippen molar-refractivity contribution in [1.29, 1.82) is 0 Å². The van der Waals surface area contributed by atoms with Crippen LogP contribution in [-0.4, -0.2) is 28.5 Å². The lowest BCUT2D eigenvalue weighted by atomic mass is 10.1. The molecular weight excluding hydrogens is 228 g/mol. The Balaban J connectivity index is 2.17. The van der Waals surface area contributed by atoms with Gasteiger partial charge in [0.15, 0.2) is 5.82 Å². The van der Waals surface area contributed by atoms with Crippen LogP contribution in [0.1, 0.15) is 18.5 Å². The Morgan fingerprint density at radius 2 is 2.31 bits per heavy atom. The van der Waals surface area contributed by atoms with Crippen molar-refractivity contribution in [2.24, 2.45) is 0 Å². The van der Waals surface area contributed by atoms with Gasteiger partial charge in [-0.05, 0) is 31.4 Å². The number of nitrogens with zero attached hydrogens (tertiary/aromatic N) is 3. The highest BCUT2D eigenvalue weighted by atomic mass is 35.5. The molecule has 0 bridgehead atoms. The second kappa shape index (κ2) is 3.31. The van der Waals surface area contributed by atoms with E-state index in [1.807, 2.05) is 11.8 Å². The normalized spacial score (nSPS) is 22.8. The van der Waals surface area contributed by atoms with Crippen LogP contribution in [0.5, 0.6) is 0 Å². The molecule has 3 rings (SSSR count). The molecule has 0 aliphatic carbocycles. The lowest BCUT2D eigenvalue weighted by molar-refractivity contribution is -0.117. The average molecular weight is 239 g/mol. The van der Waals surface area contributed by atoms with Crippen LogP contribution in [-0.2, 0) is 4.79 Å². The van der Waals surface area contributed by atoms with Crippen molar-refractivity contribution in [1.82, 2.24) is 9.97 Å². The maximum atomic E-state index is 11.8. The number of nitrogens with one attached hydrogen (secondary N) is 1. The smallest absolute Gasteiger partial charge is 0.247 e. The van der Waals surface area contributed by atoms with Crippen molar-refractivity contribution in [3.8, 4) is 0 Å². The zero-order chi connectivity index (χ0) is 11.3. The zero-order valence-corrected chi connectivity index (χ0v) is 9.58. The summed E-state index contributed by atoms with van der Waals surface area (Å²) in [6.45, 7) is 2.68. The van der Waals surface area contributed by atoms with Gasteiger partial charge in [0.2, 0.25) is 11.2 Å². The van der Waals surface area contributed by atoms with Crippen LogP contribution in [0.4, 0.5) is 11.5 Å². The molecule has 1 aromatic rings. The van der Waals surface area contributed by atoms with Gasteiger partial charge in [-0.2, -0.15) is 4.98 Å². The number of hydrogen-bond donors (Lipinski definition) is 1. The summed E-state index contributed by atoms with van der Waals surface area (Å²) in [5.74, 6) is 0.804. The summed E-state index contributed by atoms with van der Waals surface area (Å²) >= 11 is 5.85. The summed E-state index contributed by atoms with van der Waals surface area (Å²) < 4.78 is 0. The molecule has 1 atom stereocenters. The monoisotopic (exact) mass is 238 g/mol. The first kappa shape index (κ1) is 9.84. The number of aryl methyl sites for hydroxylation is 1.